The first-order valence-electron chi connectivity index (χ1n) is 7.34. The van der Waals surface area contributed by atoms with Crippen LogP contribution in [0.3, 0.4) is 0 Å². The molecule has 1 aliphatic carbocycles. The maximum Gasteiger partial charge on any atom is 0.223 e. The van der Waals surface area contributed by atoms with E-state index in [0.29, 0.717) is 29.0 Å². The largest absolute Gasteiger partial charge is 0.356 e. The van der Waals surface area contributed by atoms with Crippen molar-refractivity contribution >= 4 is 5.95 Å². The molecule has 1 atom stereocenters. The minimum atomic E-state index is -1.20. The van der Waals surface area contributed by atoms with E-state index in [2.05, 4.69) is 20.4 Å². The molecule has 1 fully saturated rings. The first-order valence-corrected chi connectivity index (χ1v) is 7.34. The number of aromatic nitrogens is 3. The molecule has 1 aliphatic rings. The Morgan fingerprint density at radius 1 is 1.38 bits per heavy atom. The molecule has 0 spiro atoms. The van der Waals surface area contributed by atoms with Gasteiger partial charge in [-0.25, -0.2) is 14.4 Å². The molecular formula is C15H19FN4O. The molecule has 5 nitrogen and oxygen atoms in total. The van der Waals surface area contributed by atoms with Crippen molar-refractivity contribution in [2.45, 2.75) is 51.7 Å². The molecule has 2 aromatic heterocycles. The zero-order valence-corrected chi connectivity index (χ0v) is 12.3. The van der Waals surface area contributed by atoms with Crippen molar-refractivity contribution in [3.05, 3.63) is 23.7 Å². The minimum Gasteiger partial charge on any atom is -0.356 e. The topological polar surface area (TPSA) is 63.8 Å². The molecule has 1 N–H and O–H groups in total. The Morgan fingerprint density at radius 3 is 2.76 bits per heavy atom. The molecular weight excluding hydrogens is 271 g/mol. The third kappa shape index (κ3) is 3.04. The van der Waals surface area contributed by atoms with Gasteiger partial charge in [0.25, 0.3) is 0 Å². The lowest BCUT2D eigenvalue weighted by Crippen LogP contribution is -2.17. The molecule has 1 saturated carbocycles. The Bertz CT molecular complexity index is 620. The molecule has 3 rings (SSSR count). The van der Waals surface area contributed by atoms with Crippen LogP contribution in [-0.2, 0) is 0 Å². The summed E-state index contributed by atoms with van der Waals surface area (Å²) in [4.78, 5) is 8.63. The quantitative estimate of drug-likeness (QED) is 0.927. The number of nitrogens with one attached hydrogen (secondary N) is 1. The van der Waals surface area contributed by atoms with Crippen LogP contribution in [0.2, 0.25) is 0 Å². The molecule has 0 aliphatic heterocycles. The molecule has 112 valence electrons. The summed E-state index contributed by atoms with van der Waals surface area (Å²) in [7, 11) is 0. The maximum absolute atomic E-state index is 13.9. The van der Waals surface area contributed by atoms with E-state index in [1.807, 2.05) is 6.92 Å². The molecule has 0 aromatic carbocycles. The van der Waals surface area contributed by atoms with E-state index in [0.717, 1.165) is 18.5 Å². The first kappa shape index (κ1) is 14.0. The van der Waals surface area contributed by atoms with Gasteiger partial charge in [-0.05, 0) is 26.7 Å². The van der Waals surface area contributed by atoms with Gasteiger partial charge in [-0.15, -0.1) is 0 Å². The van der Waals surface area contributed by atoms with Crippen molar-refractivity contribution in [2.75, 3.05) is 5.32 Å². The molecule has 6 heteroatoms. The van der Waals surface area contributed by atoms with Crippen LogP contribution in [0.25, 0.3) is 11.3 Å². The summed E-state index contributed by atoms with van der Waals surface area (Å²) >= 11 is 0. The second kappa shape index (κ2) is 5.79. The fourth-order valence-electron chi connectivity index (χ4n) is 2.70. The molecule has 2 heterocycles. The van der Waals surface area contributed by atoms with Crippen LogP contribution in [0.15, 0.2) is 16.8 Å². The summed E-state index contributed by atoms with van der Waals surface area (Å²) in [5.41, 5.74) is 1.64. The van der Waals surface area contributed by atoms with Gasteiger partial charge in [0.1, 0.15) is 6.17 Å². The monoisotopic (exact) mass is 290 g/mol. The van der Waals surface area contributed by atoms with Crippen LogP contribution >= 0.6 is 0 Å². The Balaban J connectivity index is 1.90. The van der Waals surface area contributed by atoms with Crippen LogP contribution in [0, 0.1) is 6.92 Å². The van der Waals surface area contributed by atoms with Gasteiger partial charge < -0.3 is 9.84 Å². The summed E-state index contributed by atoms with van der Waals surface area (Å²) in [6.07, 6.45) is 5.09. The van der Waals surface area contributed by atoms with Gasteiger partial charge in [0.05, 0.1) is 17.0 Å². The van der Waals surface area contributed by atoms with Gasteiger partial charge in [0, 0.05) is 18.3 Å². The first-order chi connectivity index (χ1) is 10.1. The predicted molar refractivity (Wildman–Crippen MR) is 77.7 cm³/mol. The highest BCUT2D eigenvalue weighted by molar-refractivity contribution is 5.60. The van der Waals surface area contributed by atoms with Crippen LogP contribution < -0.4 is 5.32 Å². The molecule has 0 saturated heterocycles. The molecule has 0 amide bonds. The number of aryl methyl sites for hydroxylation is 1. The number of hydrogen-bond acceptors (Lipinski definition) is 5. The molecule has 1 unspecified atom stereocenters. The number of nitrogens with zero attached hydrogens (tertiary/aromatic N) is 3. The predicted octanol–water partition coefficient (Wildman–Crippen LogP) is 3.83. The summed E-state index contributed by atoms with van der Waals surface area (Å²) in [6, 6.07) is 2.15. The molecule has 0 radical (unpaired) electrons. The number of rotatable bonds is 4. The summed E-state index contributed by atoms with van der Waals surface area (Å²) in [6.45, 7) is 3.29. The van der Waals surface area contributed by atoms with Gasteiger partial charge in [-0.3, -0.25) is 0 Å². The fraction of sp³-hybridized carbons (Fsp3) is 0.533. The van der Waals surface area contributed by atoms with Crippen molar-refractivity contribution in [1.29, 1.82) is 0 Å². The standard InChI is InChI=1S/C15H19FN4O/c1-9-7-13(21-20-9)12-8-17-15(19-14(12)10(2)16)18-11-5-3-4-6-11/h7-8,10-11H,3-6H2,1-2H3,(H,17,18,19). The average molecular weight is 290 g/mol. The lowest BCUT2D eigenvalue weighted by molar-refractivity contribution is 0.364. The summed E-state index contributed by atoms with van der Waals surface area (Å²) in [5, 5.41) is 7.12. The zero-order chi connectivity index (χ0) is 14.8. The average Bonchev–Trinajstić information content (AvgIpc) is 3.10. The Morgan fingerprint density at radius 2 is 2.14 bits per heavy atom. The number of alkyl halides is 1. The van der Waals surface area contributed by atoms with Crippen LogP contribution in [0.4, 0.5) is 10.3 Å². The van der Waals surface area contributed by atoms with Gasteiger partial charge in [-0.1, -0.05) is 18.0 Å². The molecule has 0 bridgehead atoms. The van der Waals surface area contributed by atoms with Gasteiger partial charge in [-0.2, -0.15) is 0 Å². The Kier molecular flexibility index (Phi) is 3.86. The number of anilines is 1. The Hall–Kier alpha value is -1.98. The third-order valence-electron chi connectivity index (χ3n) is 3.78. The molecule has 21 heavy (non-hydrogen) atoms. The van der Waals surface area contributed by atoms with E-state index >= 15 is 0 Å². The lowest BCUT2D eigenvalue weighted by atomic mass is 10.1. The van der Waals surface area contributed by atoms with E-state index < -0.39 is 6.17 Å². The van der Waals surface area contributed by atoms with E-state index in [4.69, 9.17) is 4.52 Å². The Labute approximate surface area is 123 Å². The van der Waals surface area contributed by atoms with Gasteiger partial charge >= 0.3 is 0 Å². The lowest BCUT2D eigenvalue weighted by Gasteiger charge is -2.14. The van der Waals surface area contributed by atoms with Crippen molar-refractivity contribution in [2.24, 2.45) is 0 Å². The van der Waals surface area contributed by atoms with E-state index in [9.17, 15) is 4.39 Å². The smallest absolute Gasteiger partial charge is 0.223 e. The van der Waals surface area contributed by atoms with E-state index in [-0.39, 0.29) is 0 Å². The van der Waals surface area contributed by atoms with E-state index in [1.165, 1.54) is 19.8 Å². The van der Waals surface area contributed by atoms with E-state index in [1.54, 1.807) is 12.3 Å². The van der Waals surface area contributed by atoms with Gasteiger partial charge in [0.2, 0.25) is 5.95 Å². The molecule has 2 aromatic rings. The van der Waals surface area contributed by atoms with Crippen molar-refractivity contribution in [3.63, 3.8) is 0 Å². The highest BCUT2D eigenvalue weighted by Gasteiger charge is 2.20. The van der Waals surface area contributed by atoms with Crippen LogP contribution in [-0.4, -0.2) is 21.2 Å². The van der Waals surface area contributed by atoms with Crippen LogP contribution in [0.5, 0.6) is 0 Å². The fourth-order valence-corrected chi connectivity index (χ4v) is 2.70. The summed E-state index contributed by atoms with van der Waals surface area (Å²) in [5.74, 6) is 0.987. The van der Waals surface area contributed by atoms with Crippen LogP contribution in [0.1, 0.15) is 50.2 Å². The minimum absolute atomic E-state index is 0.335. The van der Waals surface area contributed by atoms with Crippen molar-refractivity contribution < 1.29 is 8.91 Å². The van der Waals surface area contributed by atoms with Gasteiger partial charge in [0.15, 0.2) is 5.76 Å². The highest BCUT2D eigenvalue weighted by Crippen LogP contribution is 2.30. The zero-order valence-electron chi connectivity index (χ0n) is 12.3. The second-order valence-corrected chi connectivity index (χ2v) is 5.57. The number of hydrogen-bond donors (Lipinski definition) is 1. The number of halogens is 1. The third-order valence-corrected chi connectivity index (χ3v) is 3.78. The normalized spacial score (nSPS) is 17.1. The van der Waals surface area contributed by atoms with Crippen molar-refractivity contribution in [3.8, 4) is 11.3 Å². The van der Waals surface area contributed by atoms with Crippen molar-refractivity contribution in [1.82, 2.24) is 15.1 Å². The second-order valence-electron chi connectivity index (χ2n) is 5.57. The summed E-state index contributed by atoms with van der Waals surface area (Å²) < 4.78 is 19.1. The maximum atomic E-state index is 13.9. The SMILES string of the molecule is Cc1cc(-c2cnc(NC3CCCC3)nc2C(C)F)on1. The highest BCUT2D eigenvalue weighted by atomic mass is 19.1.